The number of hydrogen-bond acceptors (Lipinski definition) is 4. The lowest BCUT2D eigenvalue weighted by Crippen LogP contribution is -2.49. The van der Waals surface area contributed by atoms with Crippen LogP contribution in [0.2, 0.25) is 0 Å². The van der Waals surface area contributed by atoms with E-state index in [1.54, 1.807) is 0 Å². The first-order chi connectivity index (χ1) is 8.24. The van der Waals surface area contributed by atoms with Crippen LogP contribution in [-0.2, 0) is 17.6 Å². The van der Waals surface area contributed by atoms with Crippen LogP contribution in [0.3, 0.4) is 0 Å². The van der Waals surface area contributed by atoms with Crippen LogP contribution in [0, 0.1) is 0 Å². The van der Waals surface area contributed by atoms with Crippen molar-refractivity contribution < 1.29 is 4.74 Å². The van der Waals surface area contributed by atoms with E-state index in [0.717, 1.165) is 26.2 Å². The average Bonchev–Trinajstić information content (AvgIpc) is 2.54. The predicted molar refractivity (Wildman–Crippen MR) is 69.8 cm³/mol. The molecule has 17 heavy (non-hydrogen) atoms. The summed E-state index contributed by atoms with van der Waals surface area (Å²) in [4.78, 5) is 8.91. The minimum atomic E-state index is 0.572. The lowest BCUT2D eigenvalue weighted by molar-refractivity contribution is -0.0634. The quantitative estimate of drug-likeness (QED) is 0.805. The zero-order chi connectivity index (χ0) is 11.8. The summed E-state index contributed by atoms with van der Waals surface area (Å²) in [7, 11) is 0. The van der Waals surface area contributed by atoms with Gasteiger partial charge in [0.1, 0.15) is 0 Å². The molecule has 1 fully saturated rings. The van der Waals surface area contributed by atoms with Gasteiger partial charge in [0.05, 0.1) is 30.0 Å². The maximum Gasteiger partial charge on any atom is 0.0956 e. The Morgan fingerprint density at radius 2 is 2.06 bits per heavy atom. The average molecular weight is 252 g/mol. The SMILES string of the molecule is CC(C)c1nc2c(s1)CCN(C1COC1)CC2. The fourth-order valence-corrected chi connectivity index (χ4v) is 3.55. The lowest BCUT2D eigenvalue weighted by Gasteiger charge is -2.36. The number of hydrogen-bond donors (Lipinski definition) is 0. The van der Waals surface area contributed by atoms with Crippen LogP contribution in [-0.4, -0.2) is 42.2 Å². The van der Waals surface area contributed by atoms with Crippen LogP contribution < -0.4 is 0 Å². The van der Waals surface area contributed by atoms with Gasteiger partial charge in [-0.3, -0.25) is 4.90 Å². The molecule has 0 amide bonds. The highest BCUT2D eigenvalue weighted by Gasteiger charge is 2.28. The van der Waals surface area contributed by atoms with Crippen LogP contribution in [0.4, 0.5) is 0 Å². The molecule has 0 bridgehead atoms. The van der Waals surface area contributed by atoms with E-state index in [0.29, 0.717) is 12.0 Å². The molecule has 0 saturated carbocycles. The summed E-state index contributed by atoms with van der Waals surface area (Å²) < 4.78 is 5.28. The molecule has 3 rings (SSSR count). The highest BCUT2D eigenvalue weighted by atomic mass is 32.1. The summed E-state index contributed by atoms with van der Waals surface area (Å²) in [5, 5.41) is 1.32. The highest BCUT2D eigenvalue weighted by molar-refractivity contribution is 7.11. The van der Waals surface area contributed by atoms with Gasteiger partial charge in [-0.25, -0.2) is 4.98 Å². The van der Waals surface area contributed by atoms with Crippen molar-refractivity contribution in [1.29, 1.82) is 0 Å². The molecule has 1 saturated heterocycles. The monoisotopic (exact) mass is 252 g/mol. The van der Waals surface area contributed by atoms with Gasteiger partial charge in [0, 0.05) is 30.3 Å². The van der Waals surface area contributed by atoms with Crippen molar-refractivity contribution in [3.63, 3.8) is 0 Å². The Morgan fingerprint density at radius 1 is 1.29 bits per heavy atom. The predicted octanol–water partition coefficient (Wildman–Crippen LogP) is 2.07. The smallest absolute Gasteiger partial charge is 0.0956 e. The van der Waals surface area contributed by atoms with Crippen LogP contribution in [0.1, 0.15) is 35.3 Å². The van der Waals surface area contributed by atoms with Crippen molar-refractivity contribution >= 4 is 11.3 Å². The van der Waals surface area contributed by atoms with E-state index in [1.165, 1.54) is 28.5 Å². The van der Waals surface area contributed by atoms with Crippen molar-refractivity contribution in [1.82, 2.24) is 9.88 Å². The third-order valence-corrected chi connectivity index (χ3v) is 5.15. The van der Waals surface area contributed by atoms with E-state index >= 15 is 0 Å². The molecule has 2 aliphatic rings. The Kier molecular flexibility index (Phi) is 3.19. The second-order valence-corrected chi connectivity index (χ2v) is 6.42. The molecule has 0 aliphatic carbocycles. The molecule has 3 heterocycles. The summed E-state index contributed by atoms with van der Waals surface area (Å²) in [5.41, 5.74) is 1.36. The molecule has 0 radical (unpaired) electrons. The largest absolute Gasteiger partial charge is 0.378 e. The van der Waals surface area contributed by atoms with Gasteiger partial charge in [-0.05, 0) is 6.42 Å². The first-order valence-electron chi connectivity index (χ1n) is 6.54. The Morgan fingerprint density at radius 3 is 2.71 bits per heavy atom. The van der Waals surface area contributed by atoms with Crippen LogP contribution in [0.15, 0.2) is 0 Å². The van der Waals surface area contributed by atoms with Gasteiger partial charge >= 0.3 is 0 Å². The number of ether oxygens (including phenoxy) is 1. The molecule has 0 N–H and O–H groups in total. The fourth-order valence-electron chi connectivity index (χ4n) is 2.45. The maximum absolute atomic E-state index is 5.28. The maximum atomic E-state index is 5.28. The molecule has 0 atom stereocenters. The highest BCUT2D eigenvalue weighted by Crippen LogP contribution is 2.28. The summed E-state index contributed by atoms with van der Waals surface area (Å²) in [6, 6.07) is 0.675. The molecule has 1 aromatic heterocycles. The minimum Gasteiger partial charge on any atom is -0.378 e. The summed E-state index contributed by atoms with van der Waals surface area (Å²) in [6.45, 7) is 8.66. The molecular formula is C13H20N2OS. The third-order valence-electron chi connectivity index (χ3n) is 3.69. The van der Waals surface area contributed by atoms with E-state index in [-0.39, 0.29) is 0 Å². The third kappa shape index (κ3) is 2.26. The van der Waals surface area contributed by atoms with Crippen molar-refractivity contribution in [3.8, 4) is 0 Å². The van der Waals surface area contributed by atoms with Gasteiger partial charge in [0.2, 0.25) is 0 Å². The Bertz CT molecular complexity index is 373. The van der Waals surface area contributed by atoms with E-state index in [2.05, 4.69) is 18.7 Å². The van der Waals surface area contributed by atoms with E-state index in [1.807, 2.05) is 11.3 Å². The lowest BCUT2D eigenvalue weighted by atomic mass is 10.2. The van der Waals surface area contributed by atoms with Gasteiger partial charge in [0.15, 0.2) is 0 Å². The standard InChI is InChI=1S/C13H20N2OS/c1-9(2)13-14-11-3-5-15(10-7-16-8-10)6-4-12(11)17-13/h9-10H,3-8H2,1-2H3. The first kappa shape index (κ1) is 11.6. The Balaban J connectivity index is 1.71. The molecule has 3 nitrogen and oxygen atoms in total. The molecule has 2 aliphatic heterocycles. The van der Waals surface area contributed by atoms with Crippen molar-refractivity contribution in [3.05, 3.63) is 15.6 Å². The topological polar surface area (TPSA) is 25.4 Å². The summed E-state index contributed by atoms with van der Waals surface area (Å²) in [6.07, 6.45) is 2.30. The zero-order valence-corrected chi connectivity index (χ0v) is 11.4. The van der Waals surface area contributed by atoms with Gasteiger partial charge < -0.3 is 4.74 Å². The van der Waals surface area contributed by atoms with E-state index in [9.17, 15) is 0 Å². The fraction of sp³-hybridized carbons (Fsp3) is 0.769. The summed E-state index contributed by atoms with van der Waals surface area (Å²) >= 11 is 1.93. The molecule has 0 unspecified atom stereocenters. The summed E-state index contributed by atoms with van der Waals surface area (Å²) in [5.74, 6) is 0.572. The normalized spacial score (nSPS) is 22.3. The number of aromatic nitrogens is 1. The molecule has 1 aromatic rings. The molecule has 0 aromatic carbocycles. The molecule has 94 valence electrons. The molecule has 4 heteroatoms. The van der Waals surface area contributed by atoms with Crippen LogP contribution >= 0.6 is 11.3 Å². The number of rotatable bonds is 2. The van der Waals surface area contributed by atoms with E-state index < -0.39 is 0 Å². The van der Waals surface area contributed by atoms with Gasteiger partial charge in [0.25, 0.3) is 0 Å². The minimum absolute atomic E-state index is 0.572. The second-order valence-electron chi connectivity index (χ2n) is 5.30. The van der Waals surface area contributed by atoms with Crippen molar-refractivity contribution in [2.45, 2.75) is 38.6 Å². The Hall–Kier alpha value is -0.450. The van der Waals surface area contributed by atoms with Crippen molar-refractivity contribution in [2.24, 2.45) is 0 Å². The Labute approximate surface area is 107 Å². The second kappa shape index (κ2) is 4.67. The van der Waals surface area contributed by atoms with E-state index in [4.69, 9.17) is 9.72 Å². The van der Waals surface area contributed by atoms with Crippen molar-refractivity contribution in [2.75, 3.05) is 26.3 Å². The zero-order valence-electron chi connectivity index (χ0n) is 10.6. The molecular weight excluding hydrogens is 232 g/mol. The van der Waals surface area contributed by atoms with Gasteiger partial charge in [-0.1, -0.05) is 13.8 Å². The number of fused-ring (bicyclic) bond motifs is 1. The van der Waals surface area contributed by atoms with Gasteiger partial charge in [-0.2, -0.15) is 0 Å². The molecule has 0 spiro atoms. The van der Waals surface area contributed by atoms with Crippen LogP contribution in [0.25, 0.3) is 0 Å². The number of thiazole rings is 1. The number of nitrogens with zero attached hydrogens (tertiary/aromatic N) is 2. The van der Waals surface area contributed by atoms with Crippen LogP contribution in [0.5, 0.6) is 0 Å². The van der Waals surface area contributed by atoms with Gasteiger partial charge in [-0.15, -0.1) is 11.3 Å². The first-order valence-corrected chi connectivity index (χ1v) is 7.36.